The van der Waals surface area contributed by atoms with Gasteiger partial charge in [-0.3, -0.25) is 0 Å². The molecule has 1 aliphatic carbocycles. The summed E-state index contributed by atoms with van der Waals surface area (Å²) in [7, 11) is 1.68. The predicted octanol–water partition coefficient (Wildman–Crippen LogP) is 2.96. The number of amides is 2. The number of aromatic amines is 1. The van der Waals surface area contributed by atoms with E-state index in [2.05, 4.69) is 22.5 Å². The van der Waals surface area contributed by atoms with E-state index in [-0.39, 0.29) is 11.6 Å². The van der Waals surface area contributed by atoms with Gasteiger partial charge in [0.2, 0.25) is 0 Å². The van der Waals surface area contributed by atoms with Gasteiger partial charge in [-0.05, 0) is 50.3 Å². The fourth-order valence-corrected chi connectivity index (χ4v) is 3.05. The van der Waals surface area contributed by atoms with Crippen LogP contribution in [0.25, 0.3) is 10.9 Å². The molecule has 1 fully saturated rings. The number of rotatable bonds is 5. The Hall–Kier alpha value is -2.17. The minimum Gasteiger partial charge on any atom is -0.496 e. The van der Waals surface area contributed by atoms with Crippen LogP contribution in [0.15, 0.2) is 24.4 Å². The van der Waals surface area contributed by atoms with Crippen LogP contribution in [0.2, 0.25) is 0 Å². The average molecular weight is 301 g/mol. The molecule has 22 heavy (non-hydrogen) atoms. The summed E-state index contributed by atoms with van der Waals surface area (Å²) in [4.78, 5) is 15.2. The van der Waals surface area contributed by atoms with Gasteiger partial charge in [-0.25, -0.2) is 4.79 Å². The Morgan fingerprint density at radius 3 is 2.91 bits per heavy atom. The quantitative estimate of drug-likeness (QED) is 0.795. The number of aromatic nitrogens is 1. The highest BCUT2D eigenvalue weighted by Gasteiger charge is 2.32. The summed E-state index contributed by atoms with van der Waals surface area (Å²) in [6.07, 6.45) is 6.09. The van der Waals surface area contributed by atoms with Crippen LogP contribution in [-0.2, 0) is 6.42 Å². The maximum absolute atomic E-state index is 11.9. The van der Waals surface area contributed by atoms with Crippen molar-refractivity contribution in [3.8, 4) is 5.75 Å². The molecule has 0 atom stereocenters. The van der Waals surface area contributed by atoms with E-state index in [4.69, 9.17) is 4.74 Å². The summed E-state index contributed by atoms with van der Waals surface area (Å²) in [6, 6.07) is 5.87. The van der Waals surface area contributed by atoms with Gasteiger partial charge in [-0.2, -0.15) is 0 Å². The van der Waals surface area contributed by atoms with Crippen molar-refractivity contribution in [3.05, 3.63) is 30.0 Å². The zero-order chi connectivity index (χ0) is 15.6. The van der Waals surface area contributed by atoms with Crippen molar-refractivity contribution in [1.82, 2.24) is 15.6 Å². The van der Waals surface area contributed by atoms with Crippen LogP contribution in [0.4, 0.5) is 4.79 Å². The van der Waals surface area contributed by atoms with E-state index in [9.17, 15) is 4.79 Å². The van der Waals surface area contributed by atoms with Gasteiger partial charge in [0.05, 0.1) is 7.11 Å². The molecular weight excluding hydrogens is 278 g/mol. The van der Waals surface area contributed by atoms with Gasteiger partial charge in [0.1, 0.15) is 5.75 Å². The first-order valence-corrected chi connectivity index (χ1v) is 7.80. The fourth-order valence-electron chi connectivity index (χ4n) is 3.05. The zero-order valence-electron chi connectivity index (χ0n) is 13.2. The van der Waals surface area contributed by atoms with Crippen molar-refractivity contribution < 1.29 is 9.53 Å². The van der Waals surface area contributed by atoms with Crippen LogP contribution in [0.1, 0.15) is 31.7 Å². The van der Waals surface area contributed by atoms with E-state index in [0.29, 0.717) is 6.54 Å². The molecule has 0 radical (unpaired) electrons. The number of hydrogen-bond acceptors (Lipinski definition) is 2. The molecule has 3 N–H and O–H groups in total. The third-order valence-corrected chi connectivity index (χ3v) is 4.52. The largest absolute Gasteiger partial charge is 0.496 e. The lowest BCUT2D eigenvalue weighted by Gasteiger charge is -2.39. The topological polar surface area (TPSA) is 66.1 Å². The number of H-pyrrole nitrogens is 1. The molecule has 0 unspecified atom stereocenters. The van der Waals surface area contributed by atoms with Gasteiger partial charge in [0.15, 0.2) is 0 Å². The van der Waals surface area contributed by atoms with Gasteiger partial charge in [0.25, 0.3) is 0 Å². The Kier molecular flexibility index (Phi) is 3.96. The normalized spacial score (nSPS) is 16.1. The second kappa shape index (κ2) is 5.91. The SMILES string of the molecule is COc1cccc2[nH]cc(CCNC(=O)NC3(C)CCC3)c12. The number of nitrogens with one attached hydrogen (secondary N) is 3. The lowest BCUT2D eigenvalue weighted by Crippen LogP contribution is -2.54. The molecule has 0 aliphatic heterocycles. The molecule has 5 nitrogen and oxygen atoms in total. The van der Waals surface area contributed by atoms with Crippen molar-refractivity contribution in [2.75, 3.05) is 13.7 Å². The minimum atomic E-state index is -0.0750. The van der Waals surface area contributed by atoms with Gasteiger partial charge >= 0.3 is 6.03 Å². The molecule has 3 rings (SSSR count). The van der Waals surface area contributed by atoms with Crippen LogP contribution < -0.4 is 15.4 Å². The highest BCUT2D eigenvalue weighted by atomic mass is 16.5. The van der Waals surface area contributed by atoms with Gasteiger partial charge in [-0.1, -0.05) is 6.07 Å². The average Bonchev–Trinajstić information content (AvgIpc) is 2.89. The summed E-state index contributed by atoms with van der Waals surface area (Å²) in [5.41, 5.74) is 2.21. The Bertz CT molecular complexity index is 674. The van der Waals surface area contributed by atoms with E-state index in [1.807, 2.05) is 24.4 Å². The number of urea groups is 1. The first-order valence-electron chi connectivity index (χ1n) is 7.80. The van der Waals surface area contributed by atoms with Crippen LogP contribution >= 0.6 is 0 Å². The Morgan fingerprint density at radius 2 is 2.23 bits per heavy atom. The Balaban J connectivity index is 1.59. The molecule has 2 aromatic rings. The lowest BCUT2D eigenvalue weighted by molar-refractivity contribution is 0.191. The van der Waals surface area contributed by atoms with E-state index in [1.165, 1.54) is 6.42 Å². The second-order valence-electron chi connectivity index (χ2n) is 6.24. The monoisotopic (exact) mass is 301 g/mol. The van der Waals surface area contributed by atoms with E-state index in [0.717, 1.165) is 41.5 Å². The predicted molar refractivity (Wildman–Crippen MR) is 87.3 cm³/mol. The van der Waals surface area contributed by atoms with E-state index in [1.54, 1.807) is 7.11 Å². The maximum Gasteiger partial charge on any atom is 0.315 e. The summed E-state index contributed by atoms with van der Waals surface area (Å²) in [6.45, 7) is 2.70. The highest BCUT2D eigenvalue weighted by Crippen LogP contribution is 2.31. The molecule has 1 saturated carbocycles. The Morgan fingerprint density at radius 1 is 1.41 bits per heavy atom. The number of carbonyl (C=O) groups excluding carboxylic acids is 1. The Labute approximate surface area is 130 Å². The number of fused-ring (bicyclic) bond motifs is 1. The third-order valence-electron chi connectivity index (χ3n) is 4.52. The molecule has 0 saturated heterocycles. The fraction of sp³-hybridized carbons (Fsp3) is 0.471. The molecule has 0 spiro atoms. The number of hydrogen-bond donors (Lipinski definition) is 3. The van der Waals surface area contributed by atoms with E-state index >= 15 is 0 Å². The van der Waals surface area contributed by atoms with Crippen molar-refractivity contribution in [1.29, 1.82) is 0 Å². The lowest BCUT2D eigenvalue weighted by atomic mass is 9.79. The molecule has 2 amide bonds. The molecule has 0 bridgehead atoms. The van der Waals surface area contributed by atoms with Crippen molar-refractivity contribution in [2.45, 2.75) is 38.1 Å². The third kappa shape index (κ3) is 2.89. The molecule has 1 aromatic carbocycles. The first kappa shape index (κ1) is 14.8. The maximum atomic E-state index is 11.9. The summed E-state index contributed by atoms with van der Waals surface area (Å²) in [5, 5.41) is 7.09. The first-order chi connectivity index (χ1) is 10.6. The minimum absolute atomic E-state index is 0.00587. The highest BCUT2D eigenvalue weighted by molar-refractivity contribution is 5.89. The molecule has 118 valence electrons. The number of ether oxygens (including phenoxy) is 1. The number of methoxy groups -OCH3 is 1. The molecule has 1 aliphatic rings. The second-order valence-corrected chi connectivity index (χ2v) is 6.24. The van der Waals surface area contributed by atoms with Crippen LogP contribution in [-0.4, -0.2) is 30.2 Å². The molecule has 5 heteroatoms. The standard InChI is InChI=1S/C17H23N3O2/c1-17(8-4-9-17)20-16(21)18-10-7-12-11-19-13-5-3-6-14(22-2)15(12)13/h3,5-6,11,19H,4,7-10H2,1-2H3,(H2,18,20,21). The van der Waals surface area contributed by atoms with Gasteiger partial charge in [-0.15, -0.1) is 0 Å². The van der Waals surface area contributed by atoms with Crippen LogP contribution in [0, 0.1) is 0 Å². The van der Waals surface area contributed by atoms with Crippen LogP contribution in [0.3, 0.4) is 0 Å². The number of benzene rings is 1. The zero-order valence-corrected chi connectivity index (χ0v) is 13.2. The van der Waals surface area contributed by atoms with Gasteiger partial charge in [0, 0.05) is 29.2 Å². The van der Waals surface area contributed by atoms with E-state index < -0.39 is 0 Å². The molecular formula is C17H23N3O2. The smallest absolute Gasteiger partial charge is 0.315 e. The van der Waals surface area contributed by atoms with Crippen molar-refractivity contribution in [3.63, 3.8) is 0 Å². The van der Waals surface area contributed by atoms with Gasteiger partial charge < -0.3 is 20.4 Å². The van der Waals surface area contributed by atoms with Crippen molar-refractivity contribution >= 4 is 16.9 Å². The summed E-state index contributed by atoms with van der Waals surface area (Å²) in [5.74, 6) is 0.861. The summed E-state index contributed by atoms with van der Waals surface area (Å²) >= 11 is 0. The molecule has 1 heterocycles. The molecule has 1 aromatic heterocycles. The number of carbonyl (C=O) groups is 1. The van der Waals surface area contributed by atoms with Crippen LogP contribution in [0.5, 0.6) is 5.75 Å². The summed E-state index contributed by atoms with van der Waals surface area (Å²) < 4.78 is 5.42. The van der Waals surface area contributed by atoms with Crippen molar-refractivity contribution in [2.24, 2.45) is 0 Å².